The lowest BCUT2D eigenvalue weighted by molar-refractivity contribution is -0.126. The van der Waals surface area contributed by atoms with Crippen molar-refractivity contribution in [1.29, 1.82) is 0 Å². The molecule has 2 heterocycles. The van der Waals surface area contributed by atoms with Gasteiger partial charge in [-0.15, -0.1) is 0 Å². The first kappa shape index (κ1) is 8.97. The van der Waals surface area contributed by atoms with Gasteiger partial charge in [0.1, 0.15) is 0 Å². The van der Waals surface area contributed by atoms with Crippen LogP contribution in [0.15, 0.2) is 0 Å². The number of carbonyl (C=O) groups excluding carboxylic acids is 1. The van der Waals surface area contributed by atoms with Crippen molar-refractivity contribution in [2.45, 2.75) is 31.3 Å². The monoisotopic (exact) mass is 183 g/mol. The number of hydrogen-bond acceptors (Lipinski definition) is 3. The maximum atomic E-state index is 11.2. The Kier molecular flexibility index (Phi) is 2.26. The zero-order chi connectivity index (χ0) is 9.31. The van der Waals surface area contributed by atoms with Crippen LogP contribution in [0.1, 0.15) is 19.8 Å². The van der Waals surface area contributed by atoms with Gasteiger partial charge in [0.15, 0.2) is 0 Å². The molecule has 2 fully saturated rings. The number of nitrogens with one attached hydrogen (secondary N) is 3. The minimum Gasteiger partial charge on any atom is -0.353 e. The quantitative estimate of drug-likeness (QED) is 0.461. The molecule has 4 nitrogen and oxygen atoms in total. The predicted octanol–water partition coefficient (Wildman–Crippen LogP) is -0.783. The third-order valence-electron chi connectivity index (χ3n) is 3.08. The van der Waals surface area contributed by atoms with Crippen LogP contribution < -0.4 is 16.0 Å². The van der Waals surface area contributed by atoms with Crippen LogP contribution in [0.5, 0.6) is 0 Å². The summed E-state index contributed by atoms with van der Waals surface area (Å²) in [5.74, 6) is 0.129. The first-order chi connectivity index (χ1) is 6.22. The van der Waals surface area contributed by atoms with Crippen LogP contribution in [-0.2, 0) is 4.79 Å². The molecule has 4 heteroatoms. The lowest BCUT2D eigenvalue weighted by atomic mass is 9.85. The average Bonchev–Trinajstić information content (AvgIpc) is 2.14. The van der Waals surface area contributed by atoms with Gasteiger partial charge in [0, 0.05) is 12.1 Å². The van der Waals surface area contributed by atoms with E-state index in [-0.39, 0.29) is 17.5 Å². The second kappa shape index (κ2) is 3.27. The molecule has 0 saturated carbocycles. The Morgan fingerprint density at radius 1 is 1.38 bits per heavy atom. The summed E-state index contributed by atoms with van der Waals surface area (Å²) in [6.07, 6.45) is 2.22. The third-order valence-corrected chi connectivity index (χ3v) is 3.08. The van der Waals surface area contributed by atoms with Crippen LogP contribution >= 0.6 is 0 Å². The molecule has 2 aliphatic rings. The van der Waals surface area contributed by atoms with E-state index < -0.39 is 0 Å². The normalized spacial score (nSPS) is 33.0. The highest BCUT2D eigenvalue weighted by atomic mass is 16.2. The van der Waals surface area contributed by atoms with Gasteiger partial charge >= 0.3 is 0 Å². The van der Waals surface area contributed by atoms with Crippen LogP contribution in [0.3, 0.4) is 0 Å². The van der Waals surface area contributed by atoms with E-state index in [1.165, 1.54) is 0 Å². The fourth-order valence-electron chi connectivity index (χ4n) is 2.21. The fraction of sp³-hybridized carbons (Fsp3) is 0.889. The summed E-state index contributed by atoms with van der Waals surface area (Å²) in [6, 6.07) is -0.0353. The maximum absolute atomic E-state index is 11.2. The van der Waals surface area contributed by atoms with Crippen molar-refractivity contribution in [3.8, 4) is 0 Å². The SMILES string of the molecule is CC1NC2(CCNCC2)CNC1=O. The molecule has 0 bridgehead atoms. The molecule has 0 aromatic carbocycles. The largest absolute Gasteiger partial charge is 0.353 e. The van der Waals surface area contributed by atoms with E-state index in [0.29, 0.717) is 0 Å². The van der Waals surface area contributed by atoms with E-state index in [1.807, 2.05) is 6.92 Å². The Bertz CT molecular complexity index is 211. The standard InChI is InChI=1S/C9H17N3O/c1-7-8(13)11-6-9(12-7)2-4-10-5-3-9/h7,10,12H,2-6H2,1H3,(H,11,13). The number of piperidine rings is 1. The molecule has 3 N–H and O–H groups in total. The highest BCUT2D eigenvalue weighted by Gasteiger charge is 2.38. The lowest BCUT2D eigenvalue weighted by Gasteiger charge is -2.43. The number of rotatable bonds is 0. The molecule has 13 heavy (non-hydrogen) atoms. The van der Waals surface area contributed by atoms with Gasteiger partial charge in [-0.25, -0.2) is 0 Å². The molecular weight excluding hydrogens is 166 g/mol. The zero-order valence-corrected chi connectivity index (χ0v) is 8.02. The zero-order valence-electron chi connectivity index (χ0n) is 8.02. The number of carbonyl (C=O) groups is 1. The van der Waals surface area contributed by atoms with Gasteiger partial charge in [-0.3, -0.25) is 10.1 Å². The van der Waals surface area contributed by atoms with Crippen LogP contribution in [-0.4, -0.2) is 37.1 Å². The molecule has 1 amide bonds. The summed E-state index contributed by atoms with van der Waals surface area (Å²) in [6.45, 7) is 4.82. The Balaban J connectivity index is 2.02. The van der Waals surface area contributed by atoms with Gasteiger partial charge < -0.3 is 10.6 Å². The molecule has 1 spiro atoms. The summed E-state index contributed by atoms with van der Waals surface area (Å²) < 4.78 is 0. The van der Waals surface area contributed by atoms with Gasteiger partial charge in [-0.1, -0.05) is 0 Å². The molecule has 0 aliphatic carbocycles. The molecule has 2 saturated heterocycles. The summed E-state index contributed by atoms with van der Waals surface area (Å²) in [5, 5.41) is 9.72. The molecule has 0 aromatic heterocycles. The first-order valence-corrected chi connectivity index (χ1v) is 4.98. The van der Waals surface area contributed by atoms with E-state index in [1.54, 1.807) is 0 Å². The van der Waals surface area contributed by atoms with E-state index >= 15 is 0 Å². The molecular formula is C9H17N3O. The van der Waals surface area contributed by atoms with E-state index in [4.69, 9.17) is 0 Å². The fourth-order valence-corrected chi connectivity index (χ4v) is 2.21. The van der Waals surface area contributed by atoms with Crippen molar-refractivity contribution in [2.24, 2.45) is 0 Å². The Morgan fingerprint density at radius 3 is 2.69 bits per heavy atom. The first-order valence-electron chi connectivity index (χ1n) is 4.98. The third kappa shape index (κ3) is 1.69. The highest BCUT2D eigenvalue weighted by Crippen LogP contribution is 2.20. The van der Waals surface area contributed by atoms with E-state index in [2.05, 4.69) is 16.0 Å². The molecule has 0 radical (unpaired) electrons. The minimum absolute atomic E-state index is 0.0353. The van der Waals surface area contributed by atoms with Gasteiger partial charge in [0.05, 0.1) is 6.04 Å². The Morgan fingerprint density at radius 2 is 2.08 bits per heavy atom. The van der Waals surface area contributed by atoms with Gasteiger partial charge in [0.2, 0.25) is 5.91 Å². The second-order valence-corrected chi connectivity index (χ2v) is 4.11. The van der Waals surface area contributed by atoms with Crippen LogP contribution in [0.4, 0.5) is 0 Å². The number of hydrogen-bond donors (Lipinski definition) is 3. The predicted molar refractivity (Wildman–Crippen MR) is 50.4 cm³/mol. The molecule has 74 valence electrons. The number of amides is 1. The van der Waals surface area contributed by atoms with Crippen molar-refractivity contribution in [3.05, 3.63) is 0 Å². The minimum atomic E-state index is -0.0353. The van der Waals surface area contributed by atoms with Crippen LogP contribution in [0.25, 0.3) is 0 Å². The van der Waals surface area contributed by atoms with Crippen molar-refractivity contribution in [3.63, 3.8) is 0 Å². The van der Waals surface area contributed by atoms with Crippen molar-refractivity contribution < 1.29 is 4.79 Å². The van der Waals surface area contributed by atoms with Gasteiger partial charge in [-0.05, 0) is 32.9 Å². The van der Waals surface area contributed by atoms with E-state index in [0.717, 1.165) is 32.5 Å². The van der Waals surface area contributed by atoms with Gasteiger partial charge in [0.25, 0.3) is 0 Å². The molecule has 0 aromatic rings. The smallest absolute Gasteiger partial charge is 0.236 e. The summed E-state index contributed by atoms with van der Waals surface area (Å²) in [7, 11) is 0. The van der Waals surface area contributed by atoms with Crippen molar-refractivity contribution in [1.82, 2.24) is 16.0 Å². The van der Waals surface area contributed by atoms with Crippen molar-refractivity contribution >= 4 is 5.91 Å². The lowest BCUT2D eigenvalue weighted by Crippen LogP contribution is -2.67. The maximum Gasteiger partial charge on any atom is 0.236 e. The van der Waals surface area contributed by atoms with Crippen LogP contribution in [0.2, 0.25) is 0 Å². The van der Waals surface area contributed by atoms with Crippen molar-refractivity contribution in [2.75, 3.05) is 19.6 Å². The van der Waals surface area contributed by atoms with Gasteiger partial charge in [-0.2, -0.15) is 0 Å². The summed E-state index contributed by atoms with van der Waals surface area (Å²) >= 11 is 0. The summed E-state index contributed by atoms with van der Waals surface area (Å²) in [5.41, 5.74) is 0.165. The van der Waals surface area contributed by atoms with Crippen LogP contribution in [0, 0.1) is 0 Å². The molecule has 2 rings (SSSR count). The number of piperazine rings is 1. The Labute approximate surface area is 78.5 Å². The molecule has 2 aliphatic heterocycles. The summed E-state index contributed by atoms with van der Waals surface area (Å²) in [4.78, 5) is 11.2. The molecule has 1 atom stereocenters. The second-order valence-electron chi connectivity index (χ2n) is 4.11. The topological polar surface area (TPSA) is 53.2 Å². The average molecular weight is 183 g/mol. The van der Waals surface area contributed by atoms with E-state index in [9.17, 15) is 4.79 Å². The highest BCUT2D eigenvalue weighted by molar-refractivity contribution is 5.82. The Hall–Kier alpha value is -0.610. The molecule has 1 unspecified atom stereocenters.